The van der Waals surface area contributed by atoms with Crippen molar-refractivity contribution in [2.75, 3.05) is 4.90 Å². The number of phenols is 1. The van der Waals surface area contributed by atoms with Gasteiger partial charge in [-0.25, -0.2) is 0 Å². The number of benzene rings is 2. The molecule has 0 aliphatic carbocycles. The number of aromatic hydroxyl groups is 1. The van der Waals surface area contributed by atoms with E-state index in [4.69, 9.17) is 4.52 Å². The molecule has 0 radical (unpaired) electrons. The Kier molecular flexibility index (Phi) is 4.43. The van der Waals surface area contributed by atoms with E-state index in [1.807, 2.05) is 6.92 Å². The summed E-state index contributed by atoms with van der Waals surface area (Å²) in [6.07, 6.45) is 0. The summed E-state index contributed by atoms with van der Waals surface area (Å²) in [5, 5.41) is 24.8. The molecule has 7 heteroatoms. The van der Waals surface area contributed by atoms with Crippen molar-refractivity contribution < 1.29 is 24.3 Å². The number of carbonyl (C=O) groups is 2. The lowest BCUT2D eigenvalue weighted by atomic mass is 9.95. The fourth-order valence-corrected chi connectivity index (χ4v) is 3.41. The first-order valence-corrected chi connectivity index (χ1v) is 8.97. The van der Waals surface area contributed by atoms with E-state index in [2.05, 4.69) is 5.16 Å². The van der Waals surface area contributed by atoms with Crippen LogP contribution in [-0.4, -0.2) is 27.1 Å². The van der Waals surface area contributed by atoms with E-state index in [0.717, 1.165) is 5.56 Å². The van der Waals surface area contributed by atoms with Crippen LogP contribution in [0.25, 0.3) is 5.76 Å². The number of hydrogen-bond acceptors (Lipinski definition) is 6. The molecule has 0 saturated carbocycles. The minimum Gasteiger partial charge on any atom is -0.508 e. The zero-order valence-corrected chi connectivity index (χ0v) is 15.8. The van der Waals surface area contributed by atoms with Gasteiger partial charge in [-0.2, -0.15) is 0 Å². The van der Waals surface area contributed by atoms with Crippen molar-refractivity contribution in [3.8, 4) is 5.75 Å². The first-order chi connectivity index (χ1) is 13.9. The lowest BCUT2D eigenvalue weighted by Crippen LogP contribution is -2.29. The average molecular weight is 390 g/mol. The van der Waals surface area contributed by atoms with Gasteiger partial charge in [0.25, 0.3) is 5.78 Å². The molecule has 29 heavy (non-hydrogen) atoms. The summed E-state index contributed by atoms with van der Waals surface area (Å²) in [4.78, 5) is 27.0. The first-order valence-electron chi connectivity index (χ1n) is 8.97. The van der Waals surface area contributed by atoms with Gasteiger partial charge in [0.15, 0.2) is 5.82 Å². The number of aliphatic hydroxyl groups is 1. The van der Waals surface area contributed by atoms with Crippen molar-refractivity contribution in [1.82, 2.24) is 5.16 Å². The summed E-state index contributed by atoms with van der Waals surface area (Å²) in [5.74, 6) is -1.37. The number of ketones is 1. The number of amides is 1. The van der Waals surface area contributed by atoms with Gasteiger partial charge < -0.3 is 14.7 Å². The number of anilines is 1. The molecule has 4 rings (SSSR count). The molecular weight excluding hydrogens is 372 g/mol. The van der Waals surface area contributed by atoms with E-state index < -0.39 is 17.7 Å². The van der Waals surface area contributed by atoms with Crippen LogP contribution in [-0.2, 0) is 9.59 Å². The van der Waals surface area contributed by atoms with Gasteiger partial charge in [0, 0.05) is 11.6 Å². The van der Waals surface area contributed by atoms with E-state index in [1.165, 1.54) is 23.1 Å². The molecule has 1 unspecified atom stereocenters. The molecule has 1 fully saturated rings. The summed E-state index contributed by atoms with van der Waals surface area (Å²) in [6, 6.07) is 13.7. The number of aliphatic hydroxyl groups excluding tert-OH is 1. The Morgan fingerprint density at radius 2 is 1.79 bits per heavy atom. The maximum absolute atomic E-state index is 12.9. The highest BCUT2D eigenvalue weighted by molar-refractivity contribution is 6.51. The molecule has 1 aliphatic rings. The molecule has 1 saturated heterocycles. The van der Waals surface area contributed by atoms with Crippen molar-refractivity contribution >= 4 is 23.3 Å². The van der Waals surface area contributed by atoms with Gasteiger partial charge in [0.05, 0.1) is 11.6 Å². The van der Waals surface area contributed by atoms with Crippen LogP contribution in [0.3, 0.4) is 0 Å². The maximum Gasteiger partial charge on any atom is 0.301 e. The van der Waals surface area contributed by atoms with E-state index in [1.54, 1.807) is 43.3 Å². The number of hydrogen-bond donors (Lipinski definition) is 2. The highest BCUT2D eigenvalue weighted by Gasteiger charge is 2.48. The van der Waals surface area contributed by atoms with Crippen LogP contribution in [0, 0.1) is 13.8 Å². The summed E-state index contributed by atoms with van der Waals surface area (Å²) in [6.45, 7) is 3.57. The average Bonchev–Trinajstić information content (AvgIpc) is 3.23. The van der Waals surface area contributed by atoms with Crippen molar-refractivity contribution in [3.63, 3.8) is 0 Å². The van der Waals surface area contributed by atoms with Crippen LogP contribution in [0.5, 0.6) is 5.75 Å². The SMILES string of the molecule is Cc1ccc(/C(O)=C2/C(=O)C(=O)N(c3cc(C)on3)C2c2cccc(O)c2)cc1. The predicted octanol–water partition coefficient (Wildman–Crippen LogP) is 3.62. The summed E-state index contributed by atoms with van der Waals surface area (Å²) >= 11 is 0. The van der Waals surface area contributed by atoms with E-state index in [9.17, 15) is 19.8 Å². The second kappa shape index (κ2) is 6.94. The molecule has 2 aromatic carbocycles. The van der Waals surface area contributed by atoms with Crippen LogP contribution < -0.4 is 4.90 Å². The lowest BCUT2D eigenvalue weighted by Gasteiger charge is -2.23. The fourth-order valence-electron chi connectivity index (χ4n) is 3.41. The monoisotopic (exact) mass is 390 g/mol. The third-order valence-corrected chi connectivity index (χ3v) is 4.82. The first kappa shape index (κ1) is 18.5. The number of rotatable bonds is 3. The van der Waals surface area contributed by atoms with Crippen LogP contribution in [0.1, 0.15) is 28.5 Å². The molecule has 1 atom stereocenters. The number of Topliss-reactive ketones (excluding diaryl/α,β-unsaturated/α-hetero) is 1. The Morgan fingerprint density at radius 1 is 1.07 bits per heavy atom. The molecular formula is C22H18N2O5. The smallest absolute Gasteiger partial charge is 0.301 e. The molecule has 1 amide bonds. The topological polar surface area (TPSA) is 104 Å². The van der Waals surface area contributed by atoms with Gasteiger partial charge in [-0.15, -0.1) is 0 Å². The number of aromatic nitrogens is 1. The molecule has 2 heterocycles. The van der Waals surface area contributed by atoms with Gasteiger partial charge in [-0.1, -0.05) is 47.1 Å². The Hall–Kier alpha value is -3.87. The van der Waals surface area contributed by atoms with Gasteiger partial charge in [0.2, 0.25) is 0 Å². The zero-order valence-electron chi connectivity index (χ0n) is 15.8. The maximum atomic E-state index is 12.9. The van der Waals surface area contributed by atoms with Crippen LogP contribution in [0.4, 0.5) is 5.82 Å². The van der Waals surface area contributed by atoms with Gasteiger partial charge in [-0.3, -0.25) is 14.5 Å². The lowest BCUT2D eigenvalue weighted by molar-refractivity contribution is -0.132. The van der Waals surface area contributed by atoms with Crippen molar-refractivity contribution in [2.45, 2.75) is 19.9 Å². The highest BCUT2D eigenvalue weighted by Crippen LogP contribution is 2.42. The molecule has 1 aromatic heterocycles. The number of carbonyl (C=O) groups excluding carboxylic acids is 2. The number of phenolic OH excluding ortho intramolecular Hbond substituents is 1. The largest absolute Gasteiger partial charge is 0.508 e. The normalized spacial score (nSPS) is 18.4. The molecule has 146 valence electrons. The van der Waals surface area contributed by atoms with E-state index in [0.29, 0.717) is 16.9 Å². The second-order valence-electron chi connectivity index (χ2n) is 6.93. The van der Waals surface area contributed by atoms with Gasteiger partial charge in [-0.05, 0) is 31.5 Å². The minimum absolute atomic E-state index is 0.0280. The Bertz CT molecular complexity index is 1140. The third kappa shape index (κ3) is 3.16. The van der Waals surface area contributed by atoms with Crippen LogP contribution in [0.2, 0.25) is 0 Å². The second-order valence-corrected chi connectivity index (χ2v) is 6.93. The van der Waals surface area contributed by atoms with Gasteiger partial charge >= 0.3 is 5.91 Å². The molecule has 0 bridgehead atoms. The van der Waals surface area contributed by atoms with E-state index >= 15 is 0 Å². The zero-order chi connectivity index (χ0) is 20.7. The van der Waals surface area contributed by atoms with Crippen molar-refractivity contribution in [3.05, 3.63) is 82.6 Å². The number of aryl methyl sites for hydroxylation is 2. The molecule has 1 aliphatic heterocycles. The molecule has 0 spiro atoms. The summed E-state index contributed by atoms with van der Waals surface area (Å²) < 4.78 is 5.08. The number of nitrogens with zero attached hydrogens (tertiary/aromatic N) is 2. The summed E-state index contributed by atoms with van der Waals surface area (Å²) in [5.41, 5.74) is 1.78. The Balaban J connectivity index is 1.95. The molecule has 3 aromatic rings. The quantitative estimate of drug-likeness (QED) is 0.402. The minimum atomic E-state index is -0.965. The molecule has 7 nitrogen and oxygen atoms in total. The Morgan fingerprint density at radius 3 is 2.41 bits per heavy atom. The van der Waals surface area contributed by atoms with Gasteiger partial charge in [0.1, 0.15) is 17.3 Å². The third-order valence-electron chi connectivity index (χ3n) is 4.82. The predicted molar refractivity (Wildman–Crippen MR) is 105 cm³/mol. The van der Waals surface area contributed by atoms with Crippen LogP contribution >= 0.6 is 0 Å². The van der Waals surface area contributed by atoms with Crippen LogP contribution in [0.15, 0.2) is 64.7 Å². The van der Waals surface area contributed by atoms with E-state index in [-0.39, 0.29) is 22.9 Å². The Labute approximate surface area is 166 Å². The van der Waals surface area contributed by atoms with Crippen molar-refractivity contribution in [1.29, 1.82) is 0 Å². The standard InChI is InChI=1S/C22H18N2O5/c1-12-6-8-14(9-7-12)20(26)18-19(15-4-3-5-16(25)11-15)24(22(28)21(18)27)17-10-13(2)29-23-17/h3-11,19,25-26H,1-2H3/b20-18-. The fraction of sp³-hybridized carbons (Fsp3) is 0.136. The highest BCUT2D eigenvalue weighted by atomic mass is 16.5. The molecule has 2 N–H and O–H groups in total. The summed E-state index contributed by atoms with van der Waals surface area (Å²) in [7, 11) is 0. The van der Waals surface area contributed by atoms with Crippen molar-refractivity contribution in [2.24, 2.45) is 0 Å².